The van der Waals surface area contributed by atoms with Crippen LogP contribution < -0.4 is 11.5 Å². The molecule has 0 bridgehead atoms. The number of aromatic nitrogens is 1. The topological polar surface area (TPSA) is 91.2 Å². The summed E-state index contributed by atoms with van der Waals surface area (Å²) in [6, 6.07) is 10.4. The van der Waals surface area contributed by atoms with Crippen molar-refractivity contribution in [3.63, 3.8) is 0 Å². The minimum atomic E-state index is -0.412. The van der Waals surface area contributed by atoms with Gasteiger partial charge < -0.3 is 16.2 Å². The second-order valence-corrected chi connectivity index (χ2v) is 4.45. The number of pyridine rings is 1. The lowest BCUT2D eigenvalue weighted by molar-refractivity contribution is 0.0500. The van der Waals surface area contributed by atoms with E-state index in [0.29, 0.717) is 23.5 Å². The van der Waals surface area contributed by atoms with E-state index in [1.165, 1.54) is 0 Å². The van der Waals surface area contributed by atoms with E-state index in [4.69, 9.17) is 16.2 Å². The zero-order valence-corrected chi connectivity index (χ0v) is 11.1. The minimum absolute atomic E-state index is 0.337. The van der Waals surface area contributed by atoms with E-state index in [1.807, 2.05) is 18.2 Å². The zero-order chi connectivity index (χ0) is 14.4. The number of carbonyl (C=O) groups excluding carboxylic acids is 1. The average molecular weight is 271 g/mol. The number of benzene rings is 1. The molecular formula is C15H17N3O2. The average Bonchev–Trinajstić information content (AvgIpc) is 2.43. The number of carbonyl (C=O) groups is 1. The van der Waals surface area contributed by atoms with Gasteiger partial charge in [-0.15, -0.1) is 0 Å². The van der Waals surface area contributed by atoms with Crippen molar-refractivity contribution in [2.24, 2.45) is 0 Å². The first-order valence-electron chi connectivity index (χ1n) is 6.38. The number of esters is 1. The SMILES string of the molecule is Nc1cc(N)cc(C(=O)OCCCc2ccccn2)c1. The second kappa shape index (κ2) is 6.56. The van der Waals surface area contributed by atoms with Crippen LogP contribution in [-0.4, -0.2) is 17.6 Å². The highest BCUT2D eigenvalue weighted by Gasteiger charge is 2.08. The lowest BCUT2D eigenvalue weighted by Gasteiger charge is -2.06. The molecule has 2 rings (SSSR count). The Kier molecular flexibility index (Phi) is 4.55. The van der Waals surface area contributed by atoms with Gasteiger partial charge in [-0.1, -0.05) is 6.07 Å². The van der Waals surface area contributed by atoms with Gasteiger partial charge >= 0.3 is 5.97 Å². The Morgan fingerprint density at radius 1 is 1.15 bits per heavy atom. The Bertz CT molecular complexity index is 565. The lowest BCUT2D eigenvalue weighted by Crippen LogP contribution is -2.08. The molecule has 0 aliphatic carbocycles. The Hall–Kier alpha value is -2.56. The molecule has 0 atom stereocenters. The monoisotopic (exact) mass is 271 g/mol. The molecule has 0 saturated carbocycles. The molecule has 0 aliphatic heterocycles. The molecule has 2 aromatic rings. The Morgan fingerprint density at radius 2 is 1.90 bits per heavy atom. The number of nitrogens with two attached hydrogens (primary N) is 2. The maximum Gasteiger partial charge on any atom is 0.338 e. The van der Waals surface area contributed by atoms with Gasteiger partial charge in [0.25, 0.3) is 0 Å². The van der Waals surface area contributed by atoms with E-state index in [9.17, 15) is 4.79 Å². The first-order valence-corrected chi connectivity index (χ1v) is 6.38. The van der Waals surface area contributed by atoms with Gasteiger partial charge in [0.2, 0.25) is 0 Å². The molecule has 5 heteroatoms. The fourth-order valence-electron chi connectivity index (χ4n) is 1.84. The number of hydrogen-bond acceptors (Lipinski definition) is 5. The number of rotatable bonds is 5. The smallest absolute Gasteiger partial charge is 0.338 e. The molecule has 20 heavy (non-hydrogen) atoms. The molecule has 0 amide bonds. The largest absolute Gasteiger partial charge is 0.462 e. The van der Waals surface area contributed by atoms with Crippen molar-refractivity contribution >= 4 is 17.3 Å². The summed E-state index contributed by atoms with van der Waals surface area (Å²) in [5, 5.41) is 0. The third-order valence-electron chi connectivity index (χ3n) is 2.75. The molecule has 1 aromatic carbocycles. The normalized spacial score (nSPS) is 10.2. The van der Waals surface area contributed by atoms with E-state index >= 15 is 0 Å². The first-order chi connectivity index (χ1) is 9.65. The number of nitrogen functional groups attached to an aromatic ring is 2. The predicted molar refractivity (Wildman–Crippen MR) is 78.1 cm³/mol. The third-order valence-corrected chi connectivity index (χ3v) is 2.75. The highest BCUT2D eigenvalue weighted by atomic mass is 16.5. The van der Waals surface area contributed by atoms with Crippen LogP contribution in [0.3, 0.4) is 0 Å². The Morgan fingerprint density at radius 3 is 2.55 bits per heavy atom. The standard InChI is InChI=1S/C15H17N3O2/c16-12-8-11(9-13(17)10-12)15(19)20-7-3-5-14-4-1-2-6-18-14/h1-2,4,6,8-10H,3,5,7,16-17H2. The summed E-state index contributed by atoms with van der Waals surface area (Å²) < 4.78 is 5.18. The van der Waals surface area contributed by atoms with E-state index in [2.05, 4.69) is 4.98 Å². The summed E-state index contributed by atoms with van der Waals surface area (Å²) in [6.45, 7) is 0.337. The van der Waals surface area contributed by atoms with Crippen LogP contribution in [0.4, 0.5) is 11.4 Å². The van der Waals surface area contributed by atoms with E-state index in [-0.39, 0.29) is 0 Å². The Balaban J connectivity index is 1.80. The molecule has 0 radical (unpaired) electrons. The van der Waals surface area contributed by atoms with Crippen molar-refractivity contribution in [1.82, 2.24) is 4.98 Å². The van der Waals surface area contributed by atoms with Gasteiger partial charge in [0.1, 0.15) is 0 Å². The molecule has 104 valence electrons. The molecule has 0 saturated heterocycles. The van der Waals surface area contributed by atoms with Crippen molar-refractivity contribution in [3.05, 3.63) is 53.9 Å². The first kappa shape index (κ1) is 13.9. The second-order valence-electron chi connectivity index (χ2n) is 4.45. The Labute approximate surface area is 117 Å². The van der Waals surface area contributed by atoms with Crippen molar-refractivity contribution in [3.8, 4) is 0 Å². The van der Waals surface area contributed by atoms with Gasteiger partial charge in [0.15, 0.2) is 0 Å². The van der Waals surface area contributed by atoms with Crippen molar-refractivity contribution in [2.45, 2.75) is 12.8 Å². The summed E-state index contributed by atoms with van der Waals surface area (Å²) in [4.78, 5) is 16.0. The summed E-state index contributed by atoms with van der Waals surface area (Å²) >= 11 is 0. The quantitative estimate of drug-likeness (QED) is 0.493. The van der Waals surface area contributed by atoms with Gasteiger partial charge in [-0.2, -0.15) is 0 Å². The summed E-state index contributed by atoms with van der Waals surface area (Å²) in [5.74, 6) is -0.412. The number of aryl methyl sites for hydroxylation is 1. The third kappa shape index (κ3) is 3.98. The maximum atomic E-state index is 11.8. The molecule has 1 aromatic heterocycles. The maximum absolute atomic E-state index is 11.8. The number of ether oxygens (including phenoxy) is 1. The highest BCUT2D eigenvalue weighted by Crippen LogP contribution is 2.14. The molecule has 0 spiro atoms. The minimum Gasteiger partial charge on any atom is -0.462 e. The molecule has 0 unspecified atom stereocenters. The van der Waals surface area contributed by atoms with Crippen LogP contribution in [-0.2, 0) is 11.2 Å². The fourth-order valence-corrected chi connectivity index (χ4v) is 1.84. The van der Waals surface area contributed by atoms with Crippen LogP contribution >= 0.6 is 0 Å². The van der Waals surface area contributed by atoms with Crippen molar-refractivity contribution < 1.29 is 9.53 Å². The van der Waals surface area contributed by atoms with Crippen LogP contribution in [0.1, 0.15) is 22.5 Å². The molecule has 0 fully saturated rings. The number of anilines is 2. The fraction of sp³-hybridized carbons (Fsp3) is 0.200. The van der Waals surface area contributed by atoms with E-state index in [1.54, 1.807) is 24.4 Å². The molecule has 0 aliphatic rings. The van der Waals surface area contributed by atoms with Gasteiger partial charge in [-0.25, -0.2) is 4.79 Å². The van der Waals surface area contributed by atoms with Crippen LogP contribution in [0.5, 0.6) is 0 Å². The van der Waals surface area contributed by atoms with Gasteiger partial charge in [-0.05, 0) is 43.2 Å². The molecule has 1 heterocycles. The van der Waals surface area contributed by atoms with Crippen molar-refractivity contribution in [1.29, 1.82) is 0 Å². The van der Waals surface area contributed by atoms with Gasteiger partial charge in [0, 0.05) is 23.3 Å². The summed E-state index contributed by atoms with van der Waals surface area (Å²) in [7, 11) is 0. The van der Waals surface area contributed by atoms with Crippen LogP contribution in [0.15, 0.2) is 42.6 Å². The van der Waals surface area contributed by atoms with E-state index in [0.717, 1.165) is 18.5 Å². The number of nitrogens with zero attached hydrogens (tertiary/aromatic N) is 1. The predicted octanol–water partition coefficient (Wildman–Crippen LogP) is 2.04. The number of hydrogen-bond donors (Lipinski definition) is 2. The lowest BCUT2D eigenvalue weighted by atomic mass is 10.2. The van der Waals surface area contributed by atoms with Gasteiger partial charge in [-0.3, -0.25) is 4.98 Å². The summed E-state index contributed by atoms with van der Waals surface area (Å²) in [6.07, 6.45) is 3.24. The molecular weight excluding hydrogens is 254 g/mol. The van der Waals surface area contributed by atoms with Crippen LogP contribution in [0, 0.1) is 0 Å². The van der Waals surface area contributed by atoms with Crippen molar-refractivity contribution in [2.75, 3.05) is 18.1 Å². The zero-order valence-electron chi connectivity index (χ0n) is 11.1. The van der Waals surface area contributed by atoms with Gasteiger partial charge in [0.05, 0.1) is 12.2 Å². The molecule has 5 nitrogen and oxygen atoms in total. The van der Waals surface area contributed by atoms with E-state index < -0.39 is 5.97 Å². The van der Waals surface area contributed by atoms with Crippen LogP contribution in [0.25, 0.3) is 0 Å². The summed E-state index contributed by atoms with van der Waals surface area (Å²) in [5.41, 5.74) is 13.5. The van der Waals surface area contributed by atoms with Crippen LogP contribution in [0.2, 0.25) is 0 Å². The highest BCUT2D eigenvalue weighted by molar-refractivity contribution is 5.91. The molecule has 4 N–H and O–H groups in total.